The first-order valence-corrected chi connectivity index (χ1v) is 11.4. The highest BCUT2D eigenvalue weighted by Crippen LogP contribution is 2.39. The molecule has 0 aliphatic heterocycles. The highest BCUT2D eigenvalue weighted by atomic mass is 32.1. The van der Waals surface area contributed by atoms with Crippen molar-refractivity contribution < 1.29 is 45.4 Å². The summed E-state index contributed by atoms with van der Waals surface area (Å²) in [5.41, 5.74) is 5.13. The minimum Gasteiger partial charge on any atom is -0.483 e. The Morgan fingerprint density at radius 1 is 1.11 bits per heavy atom. The molecule has 14 heteroatoms. The third-order valence-electron chi connectivity index (χ3n) is 5.03. The Hall–Kier alpha value is -3.55. The van der Waals surface area contributed by atoms with Gasteiger partial charge >= 0.3 is 12.4 Å². The molecule has 0 bridgehead atoms. The fourth-order valence-electron chi connectivity index (χ4n) is 3.27. The molecule has 0 aliphatic carbocycles. The molecular weight excluding hydrogens is 531 g/mol. The monoisotopic (exact) mass is 551 g/mol. The van der Waals surface area contributed by atoms with Crippen LogP contribution in [0.4, 0.5) is 30.7 Å². The summed E-state index contributed by atoms with van der Waals surface area (Å²) in [4.78, 5) is 4.92. The second kappa shape index (κ2) is 10.8. The van der Waals surface area contributed by atoms with E-state index in [1.807, 2.05) is 0 Å². The number of aromatic nitrogens is 1. The summed E-state index contributed by atoms with van der Waals surface area (Å²) >= 11 is 1.12. The number of hydrogen-bond acceptors (Lipinski definition) is 6. The lowest BCUT2D eigenvalue weighted by Gasteiger charge is -2.19. The average Bonchev–Trinajstić information content (AvgIpc) is 3.22. The van der Waals surface area contributed by atoms with Crippen molar-refractivity contribution in [2.45, 2.75) is 38.7 Å². The van der Waals surface area contributed by atoms with Gasteiger partial charge in [-0.25, -0.2) is 9.37 Å². The molecule has 1 heterocycles. The molecule has 0 saturated carbocycles. The van der Waals surface area contributed by atoms with Crippen LogP contribution in [-0.4, -0.2) is 28.8 Å². The molecule has 0 fully saturated rings. The van der Waals surface area contributed by atoms with Gasteiger partial charge in [0.25, 0.3) is 0 Å². The normalized spacial score (nSPS) is 13.5. The number of benzene rings is 2. The van der Waals surface area contributed by atoms with E-state index in [1.165, 1.54) is 12.1 Å². The van der Waals surface area contributed by atoms with Crippen LogP contribution in [0.3, 0.4) is 0 Å². The molecule has 200 valence electrons. The van der Waals surface area contributed by atoms with Gasteiger partial charge in [-0.15, -0.1) is 11.3 Å². The maximum absolute atomic E-state index is 14.8. The van der Waals surface area contributed by atoms with E-state index in [2.05, 4.69) is 10.1 Å². The molecule has 3 N–H and O–H groups in total. The smallest absolute Gasteiger partial charge is 0.422 e. The van der Waals surface area contributed by atoms with Gasteiger partial charge in [-0.3, -0.25) is 0 Å². The zero-order valence-electron chi connectivity index (χ0n) is 19.2. The number of nitrogens with zero attached hydrogens (tertiary/aromatic N) is 2. The minimum absolute atomic E-state index is 0.287. The molecule has 37 heavy (non-hydrogen) atoms. The largest absolute Gasteiger partial charge is 0.483 e. The van der Waals surface area contributed by atoms with Gasteiger partial charge in [0, 0.05) is 11.6 Å². The molecule has 0 radical (unpaired) electrons. The number of alkyl halides is 6. The van der Waals surface area contributed by atoms with Crippen molar-refractivity contribution in [2.24, 2.45) is 10.9 Å². The second-order valence-corrected chi connectivity index (χ2v) is 8.76. The summed E-state index contributed by atoms with van der Waals surface area (Å²) in [7, 11) is 0. The van der Waals surface area contributed by atoms with Crippen LogP contribution in [0, 0.1) is 12.7 Å². The number of oxime groups is 1. The lowest BCUT2D eigenvalue weighted by atomic mass is 10.1. The van der Waals surface area contributed by atoms with Gasteiger partial charge in [0.05, 0.1) is 21.7 Å². The number of aryl methyl sites for hydroxylation is 1. The zero-order valence-corrected chi connectivity index (χ0v) is 20.1. The fourth-order valence-corrected chi connectivity index (χ4v) is 4.45. The Balaban J connectivity index is 1.93. The van der Waals surface area contributed by atoms with E-state index in [0.29, 0.717) is 21.1 Å². The molecule has 3 rings (SSSR count). The van der Waals surface area contributed by atoms with Crippen LogP contribution >= 0.6 is 11.3 Å². The third-order valence-corrected chi connectivity index (χ3v) is 6.33. The topological polar surface area (TPSA) is 90.0 Å². The lowest BCUT2D eigenvalue weighted by Crippen LogP contribution is -2.22. The molecule has 0 saturated heterocycles. The quantitative estimate of drug-likeness (QED) is 0.105. The van der Waals surface area contributed by atoms with Crippen LogP contribution in [0.2, 0.25) is 0 Å². The summed E-state index contributed by atoms with van der Waals surface area (Å²) < 4.78 is 102. The average molecular weight is 551 g/mol. The minimum atomic E-state index is -4.71. The van der Waals surface area contributed by atoms with Crippen molar-refractivity contribution >= 4 is 17.2 Å². The predicted molar refractivity (Wildman–Crippen MR) is 121 cm³/mol. The number of amidine groups is 1. The van der Waals surface area contributed by atoms with Gasteiger partial charge in [-0.2, -0.15) is 26.3 Å². The van der Waals surface area contributed by atoms with Crippen LogP contribution in [0.5, 0.6) is 11.5 Å². The van der Waals surface area contributed by atoms with E-state index in [0.717, 1.165) is 35.6 Å². The second-order valence-electron chi connectivity index (χ2n) is 7.73. The number of halogens is 7. The first-order chi connectivity index (χ1) is 17.2. The Morgan fingerprint density at radius 2 is 1.76 bits per heavy atom. The van der Waals surface area contributed by atoms with Gasteiger partial charge in [-0.1, -0.05) is 24.2 Å². The van der Waals surface area contributed by atoms with Gasteiger partial charge in [0.15, 0.2) is 24.0 Å². The lowest BCUT2D eigenvalue weighted by molar-refractivity contribution is -0.153. The van der Waals surface area contributed by atoms with Crippen molar-refractivity contribution in [1.82, 2.24) is 4.98 Å². The van der Waals surface area contributed by atoms with Gasteiger partial charge < -0.3 is 20.4 Å². The van der Waals surface area contributed by atoms with E-state index < -0.39 is 59.3 Å². The molecule has 0 amide bonds. The van der Waals surface area contributed by atoms with Crippen molar-refractivity contribution in [2.75, 3.05) is 6.61 Å². The highest BCUT2D eigenvalue weighted by Gasteiger charge is 2.31. The molecular formula is C23H20F7N3O3S. The maximum Gasteiger partial charge on any atom is 0.422 e. The first kappa shape index (κ1) is 28.0. The number of rotatable bonds is 8. The molecule has 0 aliphatic rings. The number of hydrogen-bond donors (Lipinski definition) is 2. The Bertz CT molecular complexity index is 1270. The van der Waals surface area contributed by atoms with Gasteiger partial charge in [-0.05, 0) is 31.5 Å². The maximum atomic E-state index is 14.8. The van der Waals surface area contributed by atoms with Crippen LogP contribution in [-0.2, 0) is 6.18 Å². The number of thiazole rings is 1. The van der Waals surface area contributed by atoms with Crippen LogP contribution in [0.25, 0.3) is 10.6 Å². The summed E-state index contributed by atoms with van der Waals surface area (Å²) in [5, 5.41) is 12.0. The van der Waals surface area contributed by atoms with E-state index in [9.17, 15) is 30.7 Å². The van der Waals surface area contributed by atoms with Crippen LogP contribution in [0.1, 0.15) is 41.1 Å². The molecule has 1 atom stereocenters. The molecule has 1 unspecified atom stereocenters. The van der Waals surface area contributed by atoms with Gasteiger partial charge in [0.1, 0.15) is 16.9 Å². The Morgan fingerprint density at radius 3 is 2.30 bits per heavy atom. The standard InChI is InChI=1S/C23H20F7N3O3S/c1-3-16(19-11(2)32-21(37-19)12-4-6-13(7-5-12)23(28,29)30)36-18-9-17(35-10-22(25,26)27)14(8-15(18)24)20(31)33-34/h4-9,16,34H,3,10H2,1-2H3,(H2,31,33). The Labute approximate surface area is 210 Å². The highest BCUT2D eigenvalue weighted by molar-refractivity contribution is 7.15. The predicted octanol–water partition coefficient (Wildman–Crippen LogP) is 6.84. The zero-order chi connectivity index (χ0) is 27.5. The van der Waals surface area contributed by atoms with Crippen molar-refractivity contribution in [1.29, 1.82) is 0 Å². The van der Waals surface area contributed by atoms with Crippen molar-refractivity contribution in [3.63, 3.8) is 0 Å². The number of nitrogens with two attached hydrogens (primary N) is 1. The summed E-state index contributed by atoms with van der Waals surface area (Å²) in [5.74, 6) is -2.66. The first-order valence-electron chi connectivity index (χ1n) is 10.6. The SMILES string of the molecule is CCC(Oc1cc(OCC(F)(F)F)c(/C(N)=N/O)cc1F)c1sc(-c2ccc(C(F)(F)F)cc2)nc1C. The van der Waals surface area contributed by atoms with Crippen molar-refractivity contribution in [3.8, 4) is 22.1 Å². The molecule has 1 aromatic heterocycles. The van der Waals surface area contributed by atoms with Gasteiger partial charge in [0.2, 0.25) is 0 Å². The Kier molecular flexibility index (Phi) is 8.20. The molecule has 2 aromatic carbocycles. The van der Waals surface area contributed by atoms with Crippen LogP contribution < -0.4 is 15.2 Å². The fraction of sp³-hybridized carbons (Fsp3) is 0.304. The van der Waals surface area contributed by atoms with Crippen LogP contribution in [0.15, 0.2) is 41.6 Å². The summed E-state index contributed by atoms with van der Waals surface area (Å²) in [6.45, 7) is 1.64. The third kappa shape index (κ3) is 6.81. The summed E-state index contributed by atoms with van der Waals surface area (Å²) in [6.07, 6.45) is -9.71. The van der Waals surface area contributed by atoms with E-state index in [-0.39, 0.29) is 6.42 Å². The van der Waals surface area contributed by atoms with E-state index in [1.54, 1.807) is 13.8 Å². The molecule has 3 aromatic rings. The van der Waals surface area contributed by atoms with E-state index >= 15 is 0 Å². The number of ether oxygens (including phenoxy) is 2. The molecule has 0 spiro atoms. The summed E-state index contributed by atoms with van der Waals surface area (Å²) in [6, 6.07) is 6.01. The van der Waals surface area contributed by atoms with Crippen molar-refractivity contribution in [3.05, 3.63) is 63.9 Å². The molecule has 6 nitrogen and oxygen atoms in total. The van der Waals surface area contributed by atoms with E-state index in [4.69, 9.17) is 20.4 Å².